The zero-order chi connectivity index (χ0) is 8.15. The Morgan fingerprint density at radius 2 is 1.45 bits per heavy atom. The number of halogens is 1. The molecule has 0 aromatic heterocycles. The summed E-state index contributed by atoms with van der Waals surface area (Å²) in [7, 11) is 0. The van der Waals surface area contributed by atoms with Crippen LogP contribution in [0.4, 0.5) is 0 Å². The molecule has 0 rings (SSSR count). The van der Waals surface area contributed by atoms with E-state index in [9.17, 15) is 9.59 Å². The molecule has 0 saturated heterocycles. The van der Waals surface area contributed by atoms with Gasteiger partial charge in [-0.15, -0.1) is 11.6 Å². The van der Waals surface area contributed by atoms with E-state index in [1.54, 1.807) is 0 Å². The van der Waals surface area contributed by atoms with Crippen LogP contribution in [0.25, 0.3) is 0 Å². The molecule has 0 aliphatic heterocycles. The molecule has 0 aromatic carbocycles. The summed E-state index contributed by atoms with van der Waals surface area (Å²) in [4.78, 5) is 19.8. The fraction of sp³-hybridized carbons (Fsp3) is 0.600. The third-order valence-corrected chi connectivity index (χ3v) is 1.10. The Morgan fingerprint density at radius 3 is 1.64 bits per heavy atom. The summed E-state index contributed by atoms with van der Waals surface area (Å²) in [6.07, 6.45) is -0.623. The normalized spacial score (nSPS) is 8.91. The Balaban J connectivity index is 0. The maximum absolute atomic E-state index is 9.91. The molecule has 0 aromatic rings. The molecule has 0 bridgehead atoms. The van der Waals surface area contributed by atoms with Gasteiger partial charge in [-0.2, -0.15) is 0 Å². The molecule has 0 aliphatic rings. The van der Waals surface area contributed by atoms with Crippen molar-refractivity contribution >= 4 is 23.5 Å². The van der Waals surface area contributed by atoms with Crippen LogP contribution in [0.15, 0.2) is 0 Å². The van der Waals surface area contributed by atoms with Gasteiger partial charge in [-0.05, 0) is 0 Å². The first-order chi connectivity index (χ1) is 4.52. The van der Waals surface area contributed by atoms with Crippen molar-refractivity contribution in [3.63, 3.8) is 0 Å². The van der Waals surface area contributed by atoms with E-state index in [-0.39, 0.29) is 35.2 Å². The van der Waals surface area contributed by atoms with E-state index in [1.807, 2.05) is 0 Å². The Kier molecular flexibility index (Phi) is 8.21. The number of carboxylic acid groups (broad SMARTS) is 2. The van der Waals surface area contributed by atoms with Crippen molar-refractivity contribution in [2.24, 2.45) is 0 Å². The van der Waals surface area contributed by atoms with E-state index >= 15 is 0 Å². The monoisotopic (exact) mass is 273 g/mol. The van der Waals surface area contributed by atoms with Gasteiger partial charge < -0.3 is 10.2 Å². The number of aliphatic carboxylic acids is 2. The van der Waals surface area contributed by atoms with Crippen LogP contribution in [0.1, 0.15) is 12.8 Å². The number of carbonyl (C=O) groups is 2. The Bertz CT molecular complexity index is 133. The van der Waals surface area contributed by atoms with Gasteiger partial charge in [-0.25, -0.2) is 0 Å². The largest absolute Gasteiger partial charge is 0.481 e. The van der Waals surface area contributed by atoms with Crippen molar-refractivity contribution in [2.45, 2.75) is 18.2 Å². The van der Waals surface area contributed by atoms with Crippen LogP contribution in [0.2, 0.25) is 0 Å². The molecule has 0 atom stereocenters. The van der Waals surface area contributed by atoms with Crippen molar-refractivity contribution in [3.8, 4) is 0 Å². The standard InChI is InChI=1S/C5H7ClO4.Ag/c6-3(1-4(7)8)2-5(9)10;/h3H,1-2H2,(H,7,8)(H,9,10);. The van der Waals surface area contributed by atoms with Gasteiger partial charge in [0.1, 0.15) is 0 Å². The van der Waals surface area contributed by atoms with E-state index < -0.39 is 17.3 Å². The minimum Gasteiger partial charge on any atom is -0.481 e. The van der Waals surface area contributed by atoms with E-state index in [2.05, 4.69) is 0 Å². The summed E-state index contributed by atoms with van der Waals surface area (Å²) in [6.45, 7) is 0. The van der Waals surface area contributed by atoms with Crippen molar-refractivity contribution in [3.05, 3.63) is 0 Å². The van der Waals surface area contributed by atoms with Gasteiger partial charge in [-0.3, -0.25) is 9.59 Å². The summed E-state index contributed by atoms with van der Waals surface area (Å²) in [5.74, 6) is -2.16. The summed E-state index contributed by atoms with van der Waals surface area (Å²) in [5.41, 5.74) is 0. The maximum atomic E-state index is 9.91. The molecule has 0 saturated carbocycles. The molecular weight excluding hydrogens is 267 g/mol. The van der Waals surface area contributed by atoms with Crippen molar-refractivity contribution in [1.29, 1.82) is 0 Å². The third-order valence-electron chi connectivity index (χ3n) is 0.792. The van der Waals surface area contributed by atoms with Gasteiger partial charge in [0.15, 0.2) is 0 Å². The van der Waals surface area contributed by atoms with Crippen LogP contribution in [0.3, 0.4) is 0 Å². The average molecular weight is 274 g/mol. The van der Waals surface area contributed by atoms with E-state index in [1.165, 1.54) is 0 Å². The molecule has 0 spiro atoms. The van der Waals surface area contributed by atoms with Gasteiger partial charge in [0.2, 0.25) is 0 Å². The van der Waals surface area contributed by atoms with E-state index in [4.69, 9.17) is 21.8 Å². The first-order valence-electron chi connectivity index (χ1n) is 2.60. The maximum Gasteiger partial charge on any atom is 0.304 e. The fourth-order valence-electron chi connectivity index (χ4n) is 0.451. The number of alkyl halides is 1. The Hall–Kier alpha value is -0.0297. The van der Waals surface area contributed by atoms with E-state index in [0.29, 0.717) is 0 Å². The first kappa shape index (κ1) is 13.6. The van der Waals surface area contributed by atoms with Crippen LogP contribution in [0, 0.1) is 0 Å². The first-order valence-corrected chi connectivity index (χ1v) is 3.03. The zero-order valence-electron chi connectivity index (χ0n) is 5.38. The second kappa shape index (κ2) is 6.67. The molecular formula is C5H7AgClO4. The predicted molar refractivity (Wildman–Crippen MR) is 34.1 cm³/mol. The molecule has 4 nitrogen and oxygen atoms in total. The second-order valence-electron chi connectivity index (χ2n) is 1.79. The quantitative estimate of drug-likeness (QED) is 0.579. The third kappa shape index (κ3) is 9.97. The van der Waals surface area contributed by atoms with Gasteiger partial charge in [-0.1, -0.05) is 0 Å². The molecule has 0 heterocycles. The fourth-order valence-corrected chi connectivity index (χ4v) is 0.715. The molecule has 0 aliphatic carbocycles. The van der Waals surface area contributed by atoms with Gasteiger partial charge in [0.25, 0.3) is 0 Å². The molecule has 0 unspecified atom stereocenters. The minimum absolute atomic E-state index is 0. The summed E-state index contributed by atoms with van der Waals surface area (Å²) < 4.78 is 0. The Morgan fingerprint density at radius 1 is 1.18 bits per heavy atom. The summed E-state index contributed by atoms with van der Waals surface area (Å²) in [6, 6.07) is 0. The predicted octanol–water partition coefficient (Wildman–Crippen LogP) is 0.541. The molecule has 0 fully saturated rings. The second-order valence-corrected chi connectivity index (χ2v) is 2.41. The molecule has 1 radical (unpaired) electrons. The van der Waals surface area contributed by atoms with Crippen LogP contribution < -0.4 is 0 Å². The number of rotatable bonds is 4. The molecule has 2 N–H and O–H groups in total. The van der Waals surface area contributed by atoms with Crippen LogP contribution in [-0.2, 0) is 32.0 Å². The van der Waals surface area contributed by atoms with Crippen molar-refractivity contribution < 1.29 is 42.2 Å². The average Bonchev–Trinajstić information content (AvgIpc) is 1.58. The minimum atomic E-state index is -1.08. The molecule has 6 heteroatoms. The number of carboxylic acids is 2. The Labute approximate surface area is 84.0 Å². The van der Waals surface area contributed by atoms with Gasteiger partial charge >= 0.3 is 11.9 Å². The summed E-state index contributed by atoms with van der Waals surface area (Å²) in [5, 5.41) is 15.4. The van der Waals surface area contributed by atoms with Crippen molar-refractivity contribution in [2.75, 3.05) is 0 Å². The van der Waals surface area contributed by atoms with E-state index in [0.717, 1.165) is 0 Å². The smallest absolute Gasteiger partial charge is 0.304 e. The van der Waals surface area contributed by atoms with Crippen LogP contribution >= 0.6 is 11.6 Å². The van der Waals surface area contributed by atoms with Gasteiger partial charge in [0, 0.05) is 22.4 Å². The number of hydrogen-bond acceptors (Lipinski definition) is 2. The van der Waals surface area contributed by atoms with Crippen LogP contribution in [-0.4, -0.2) is 27.5 Å². The van der Waals surface area contributed by atoms with Crippen molar-refractivity contribution in [1.82, 2.24) is 0 Å². The molecule has 11 heavy (non-hydrogen) atoms. The zero-order valence-corrected chi connectivity index (χ0v) is 7.62. The molecule has 69 valence electrons. The number of hydrogen-bond donors (Lipinski definition) is 2. The van der Waals surface area contributed by atoms with Crippen LogP contribution in [0.5, 0.6) is 0 Å². The SMILES string of the molecule is O=C(O)CC(Cl)CC(=O)O.[Ag]. The topological polar surface area (TPSA) is 74.6 Å². The molecule has 0 amide bonds. The summed E-state index contributed by atoms with van der Waals surface area (Å²) >= 11 is 5.31. The van der Waals surface area contributed by atoms with Gasteiger partial charge in [0.05, 0.1) is 18.2 Å².